The Balaban J connectivity index is 1.10. The lowest BCUT2D eigenvalue weighted by atomic mass is 9.82. The molecular formula is C48H39N3. The van der Waals surface area contributed by atoms with Gasteiger partial charge in [-0.15, -0.1) is 0 Å². The van der Waals surface area contributed by atoms with Crippen molar-refractivity contribution in [1.82, 2.24) is 16.0 Å². The lowest BCUT2D eigenvalue weighted by Crippen LogP contribution is -2.54. The van der Waals surface area contributed by atoms with Gasteiger partial charge in [-0.05, 0) is 88.5 Å². The fourth-order valence-electron chi connectivity index (χ4n) is 8.87. The predicted molar refractivity (Wildman–Crippen MR) is 212 cm³/mol. The van der Waals surface area contributed by atoms with Gasteiger partial charge in [0.1, 0.15) is 0 Å². The first-order chi connectivity index (χ1) is 25.0. The highest BCUT2D eigenvalue weighted by atomic mass is 15.4. The minimum Gasteiger partial charge on any atom is -0.279 e. The van der Waals surface area contributed by atoms with E-state index >= 15 is 0 Å². The minimum atomic E-state index is -0.128. The molecule has 8 aromatic rings. The van der Waals surface area contributed by atoms with Gasteiger partial charge in [0.15, 0.2) is 0 Å². The summed E-state index contributed by atoms with van der Waals surface area (Å²) >= 11 is 0. The van der Waals surface area contributed by atoms with Crippen molar-refractivity contribution in [3.8, 4) is 22.3 Å². The molecule has 3 atom stereocenters. The summed E-state index contributed by atoms with van der Waals surface area (Å²) < 4.78 is 0. The third-order valence-electron chi connectivity index (χ3n) is 11.4. The van der Waals surface area contributed by atoms with Crippen LogP contribution in [0.1, 0.15) is 60.2 Å². The van der Waals surface area contributed by atoms with Gasteiger partial charge in [0.25, 0.3) is 0 Å². The largest absolute Gasteiger partial charge is 0.279 e. The highest BCUT2D eigenvalue weighted by Gasteiger charge is 2.37. The first-order valence-electron chi connectivity index (χ1n) is 18.0. The van der Waals surface area contributed by atoms with Gasteiger partial charge in [-0.2, -0.15) is 0 Å². The summed E-state index contributed by atoms with van der Waals surface area (Å²) in [5.74, 6) is 0. The monoisotopic (exact) mass is 657 g/mol. The summed E-state index contributed by atoms with van der Waals surface area (Å²) in [6.07, 6.45) is -0.292. The van der Waals surface area contributed by atoms with E-state index in [0.29, 0.717) is 0 Å². The molecule has 3 nitrogen and oxygen atoms in total. The van der Waals surface area contributed by atoms with Crippen LogP contribution in [0.5, 0.6) is 0 Å². The first-order valence-corrected chi connectivity index (χ1v) is 18.0. The Morgan fingerprint density at radius 1 is 0.431 bits per heavy atom. The number of rotatable bonds is 4. The number of benzene rings is 8. The maximum absolute atomic E-state index is 4.04. The molecule has 3 N–H and O–H groups in total. The summed E-state index contributed by atoms with van der Waals surface area (Å²) in [5.41, 5.74) is 11.7. The first kappa shape index (κ1) is 30.3. The molecule has 51 heavy (non-hydrogen) atoms. The van der Waals surface area contributed by atoms with Crippen molar-refractivity contribution in [3.63, 3.8) is 0 Å². The van der Waals surface area contributed by atoms with E-state index in [4.69, 9.17) is 0 Å². The zero-order valence-corrected chi connectivity index (χ0v) is 28.8. The van der Waals surface area contributed by atoms with Gasteiger partial charge < -0.3 is 0 Å². The fourth-order valence-corrected chi connectivity index (χ4v) is 8.87. The molecule has 246 valence electrons. The van der Waals surface area contributed by atoms with Gasteiger partial charge in [-0.1, -0.05) is 172 Å². The molecule has 0 bridgehead atoms. The van der Waals surface area contributed by atoms with Crippen molar-refractivity contribution in [1.29, 1.82) is 0 Å². The average Bonchev–Trinajstić information content (AvgIpc) is 3.43. The van der Waals surface area contributed by atoms with E-state index in [9.17, 15) is 0 Å². The third kappa shape index (κ3) is 4.85. The maximum atomic E-state index is 4.04. The van der Waals surface area contributed by atoms with E-state index < -0.39 is 0 Å². The van der Waals surface area contributed by atoms with Crippen molar-refractivity contribution in [2.75, 3.05) is 0 Å². The van der Waals surface area contributed by atoms with Crippen molar-refractivity contribution >= 4 is 32.3 Å². The second-order valence-electron chi connectivity index (χ2n) is 14.6. The van der Waals surface area contributed by atoms with Crippen LogP contribution in [-0.2, 0) is 5.41 Å². The summed E-state index contributed by atoms with van der Waals surface area (Å²) in [6.45, 7) is 4.70. The molecule has 1 heterocycles. The molecule has 0 saturated carbocycles. The molecule has 0 amide bonds. The molecule has 3 unspecified atom stereocenters. The zero-order chi connectivity index (χ0) is 34.1. The molecule has 2 aliphatic rings. The van der Waals surface area contributed by atoms with E-state index in [1.807, 2.05) is 0 Å². The van der Waals surface area contributed by atoms with Crippen LogP contribution in [0.15, 0.2) is 164 Å². The maximum Gasteiger partial charge on any atom is 0.0876 e. The molecule has 1 saturated heterocycles. The normalized spacial score (nSPS) is 19.3. The minimum absolute atomic E-state index is 0.0244. The van der Waals surface area contributed by atoms with Gasteiger partial charge >= 0.3 is 0 Å². The van der Waals surface area contributed by atoms with Crippen LogP contribution in [-0.4, -0.2) is 0 Å². The zero-order valence-electron chi connectivity index (χ0n) is 28.8. The number of hydrogen-bond donors (Lipinski definition) is 3. The van der Waals surface area contributed by atoms with E-state index in [1.165, 1.54) is 82.4 Å². The van der Waals surface area contributed by atoms with Gasteiger partial charge in [0.2, 0.25) is 0 Å². The number of hydrogen-bond acceptors (Lipinski definition) is 3. The summed E-state index contributed by atoms with van der Waals surface area (Å²) in [4.78, 5) is 0. The highest BCUT2D eigenvalue weighted by Crippen LogP contribution is 2.52. The predicted octanol–water partition coefficient (Wildman–Crippen LogP) is 11.3. The Kier molecular flexibility index (Phi) is 6.97. The Morgan fingerprint density at radius 2 is 1.02 bits per heavy atom. The lowest BCUT2D eigenvalue weighted by molar-refractivity contribution is 0.205. The molecule has 10 rings (SSSR count). The highest BCUT2D eigenvalue weighted by molar-refractivity contribution is 6.15. The molecule has 0 aromatic heterocycles. The quantitative estimate of drug-likeness (QED) is 0.130. The Morgan fingerprint density at radius 3 is 1.82 bits per heavy atom. The van der Waals surface area contributed by atoms with E-state index in [1.54, 1.807) is 0 Å². The van der Waals surface area contributed by atoms with Crippen LogP contribution in [0.4, 0.5) is 0 Å². The SMILES string of the molecule is CC1(C)c2ccccc2-c2c(-c3ccc(C4NC(c5ccccc5)NC(c5c6ccccc6cc6ccc7ccccc7c56)N4)cc3)cccc21. The second kappa shape index (κ2) is 11.8. The summed E-state index contributed by atoms with van der Waals surface area (Å²) in [7, 11) is 0. The Labute approximate surface area is 299 Å². The Hall–Kier alpha value is -5.58. The van der Waals surface area contributed by atoms with E-state index in [2.05, 4.69) is 194 Å². The number of nitrogens with one attached hydrogen (secondary N) is 3. The molecule has 1 aliphatic carbocycles. The summed E-state index contributed by atoms with van der Waals surface area (Å²) in [6, 6.07) is 60.1. The van der Waals surface area contributed by atoms with Gasteiger partial charge in [0.05, 0.1) is 18.5 Å². The van der Waals surface area contributed by atoms with E-state index in [-0.39, 0.29) is 23.9 Å². The second-order valence-corrected chi connectivity index (χ2v) is 14.6. The van der Waals surface area contributed by atoms with Crippen molar-refractivity contribution < 1.29 is 0 Å². The Bertz CT molecular complexity index is 2600. The van der Waals surface area contributed by atoms with Crippen molar-refractivity contribution in [2.24, 2.45) is 0 Å². The van der Waals surface area contributed by atoms with Crippen LogP contribution < -0.4 is 16.0 Å². The van der Waals surface area contributed by atoms with Gasteiger partial charge in [0, 0.05) is 5.41 Å². The van der Waals surface area contributed by atoms with Gasteiger partial charge in [-0.25, -0.2) is 0 Å². The number of fused-ring (bicyclic) bond motifs is 7. The molecule has 0 radical (unpaired) electrons. The molecule has 1 fully saturated rings. The van der Waals surface area contributed by atoms with Crippen molar-refractivity contribution in [2.45, 2.75) is 37.8 Å². The molecular weight excluding hydrogens is 619 g/mol. The molecule has 1 aliphatic heterocycles. The topological polar surface area (TPSA) is 36.1 Å². The van der Waals surface area contributed by atoms with Crippen LogP contribution in [0.3, 0.4) is 0 Å². The van der Waals surface area contributed by atoms with Crippen LogP contribution in [0, 0.1) is 0 Å². The fraction of sp³-hybridized carbons (Fsp3) is 0.125. The van der Waals surface area contributed by atoms with E-state index in [0.717, 1.165) is 0 Å². The molecule has 0 spiro atoms. The average molecular weight is 658 g/mol. The van der Waals surface area contributed by atoms with Crippen LogP contribution >= 0.6 is 0 Å². The van der Waals surface area contributed by atoms with Crippen LogP contribution in [0.2, 0.25) is 0 Å². The smallest absolute Gasteiger partial charge is 0.0876 e. The molecule has 8 aromatic carbocycles. The summed E-state index contributed by atoms with van der Waals surface area (Å²) in [5, 5.41) is 19.5. The standard InChI is InChI=1S/C48H39N3/c1-48(2)40-21-11-10-19-39(40)43-37(20-12-22-41(43)48)31-23-26-33(27-24-31)46-49-45(32-14-4-3-5-15-32)50-47(51-46)44-38-18-9-7-16-34(38)29-35-28-25-30-13-6-8-17-36(30)42(35)44/h3-29,45-47,49-51H,1-2H3. The third-order valence-corrected chi connectivity index (χ3v) is 11.4. The molecule has 3 heteroatoms. The van der Waals surface area contributed by atoms with Gasteiger partial charge in [-0.3, -0.25) is 16.0 Å². The lowest BCUT2D eigenvalue weighted by Gasteiger charge is -2.40. The van der Waals surface area contributed by atoms with Crippen LogP contribution in [0.25, 0.3) is 54.6 Å². The van der Waals surface area contributed by atoms with Crippen molar-refractivity contribution in [3.05, 3.63) is 192 Å².